The van der Waals surface area contributed by atoms with Gasteiger partial charge in [0.25, 0.3) is 11.8 Å². The Labute approximate surface area is 223 Å². The third kappa shape index (κ3) is 3.46. The Bertz CT molecular complexity index is 1400. The van der Waals surface area contributed by atoms with Crippen molar-refractivity contribution in [1.82, 2.24) is 19.8 Å². The number of likely N-dealkylation sites (N-methyl/N-ethyl adjacent to an activating group) is 1. The number of benzene rings is 1. The summed E-state index contributed by atoms with van der Waals surface area (Å²) in [7, 11) is 2.16. The van der Waals surface area contributed by atoms with Crippen LogP contribution in [-0.4, -0.2) is 71.2 Å². The number of likely N-dealkylation sites (tertiary alicyclic amines) is 1. The van der Waals surface area contributed by atoms with Gasteiger partial charge in [0.1, 0.15) is 11.5 Å². The Hall–Kier alpha value is -3.23. The zero-order valence-corrected chi connectivity index (χ0v) is 22.4. The lowest BCUT2D eigenvalue weighted by atomic mass is 9.79. The molecule has 0 bridgehead atoms. The molecule has 3 unspecified atom stereocenters. The number of ether oxygens (including phenoxy) is 1. The fraction of sp³-hybridized carbons (Fsp3) is 0.500. The number of carbonyl (C=O) groups excluding carboxylic acids is 2. The molecule has 2 saturated heterocycles. The quantitative estimate of drug-likeness (QED) is 0.663. The molecule has 1 aromatic heterocycles. The fourth-order valence-electron chi connectivity index (χ4n) is 7.36. The van der Waals surface area contributed by atoms with Crippen molar-refractivity contribution < 1.29 is 14.3 Å². The lowest BCUT2D eigenvalue weighted by Gasteiger charge is -2.43. The van der Waals surface area contributed by atoms with Crippen LogP contribution in [0.3, 0.4) is 0 Å². The van der Waals surface area contributed by atoms with Gasteiger partial charge in [-0.1, -0.05) is 18.2 Å². The largest absolute Gasteiger partial charge is 0.381 e. The molecular formula is C30H35N5O3. The molecular weight excluding hydrogens is 478 g/mol. The van der Waals surface area contributed by atoms with E-state index in [-0.39, 0.29) is 23.8 Å². The molecule has 2 amide bonds. The van der Waals surface area contributed by atoms with Crippen molar-refractivity contribution in [3.63, 3.8) is 0 Å². The first-order chi connectivity index (χ1) is 18.4. The van der Waals surface area contributed by atoms with Gasteiger partial charge in [-0.05, 0) is 70.0 Å². The number of fused-ring (bicyclic) bond motifs is 6. The van der Waals surface area contributed by atoms with Crippen LogP contribution in [0.15, 0.2) is 47.7 Å². The summed E-state index contributed by atoms with van der Waals surface area (Å²) in [6.45, 7) is 7.44. The zero-order chi connectivity index (χ0) is 26.2. The number of nitrogens with one attached hydrogen (secondary N) is 1. The molecule has 1 aromatic carbocycles. The van der Waals surface area contributed by atoms with Crippen LogP contribution in [0, 0.1) is 0 Å². The van der Waals surface area contributed by atoms with Gasteiger partial charge in [0.2, 0.25) is 0 Å². The molecule has 198 valence electrons. The van der Waals surface area contributed by atoms with Gasteiger partial charge in [0.05, 0.1) is 17.4 Å². The average Bonchev–Trinajstić information content (AvgIpc) is 3.50. The highest BCUT2D eigenvalue weighted by Crippen LogP contribution is 2.47. The predicted molar refractivity (Wildman–Crippen MR) is 145 cm³/mol. The number of carbonyl (C=O) groups is 2. The van der Waals surface area contributed by atoms with Crippen molar-refractivity contribution in [1.29, 1.82) is 0 Å². The predicted octanol–water partition coefficient (Wildman–Crippen LogP) is 3.67. The van der Waals surface area contributed by atoms with Crippen molar-refractivity contribution >= 4 is 23.2 Å². The van der Waals surface area contributed by atoms with Gasteiger partial charge in [-0.15, -0.1) is 0 Å². The SMILES string of the molecule is CC1=C(C(=O)N2c3ccccc3C3CN(C)CCC32)CC2(C)NC(=O)c3cnc(C4CCOCC4)n3C2=C1. The van der Waals surface area contributed by atoms with E-state index < -0.39 is 5.54 Å². The maximum atomic E-state index is 14.4. The summed E-state index contributed by atoms with van der Waals surface area (Å²) >= 11 is 0. The summed E-state index contributed by atoms with van der Waals surface area (Å²) in [5.74, 6) is 1.44. The first-order valence-corrected chi connectivity index (χ1v) is 13.9. The minimum Gasteiger partial charge on any atom is -0.381 e. The molecule has 7 rings (SSSR count). The molecule has 1 aliphatic carbocycles. The lowest BCUT2D eigenvalue weighted by molar-refractivity contribution is -0.116. The first-order valence-electron chi connectivity index (χ1n) is 13.9. The van der Waals surface area contributed by atoms with E-state index >= 15 is 0 Å². The van der Waals surface area contributed by atoms with Crippen molar-refractivity contribution in [2.24, 2.45) is 0 Å². The van der Waals surface area contributed by atoms with E-state index in [2.05, 4.69) is 51.0 Å². The van der Waals surface area contributed by atoms with Gasteiger partial charge < -0.3 is 19.9 Å². The van der Waals surface area contributed by atoms with Crippen LogP contribution < -0.4 is 10.2 Å². The summed E-state index contributed by atoms with van der Waals surface area (Å²) < 4.78 is 7.65. The lowest BCUT2D eigenvalue weighted by Crippen LogP contribution is -2.55. The number of rotatable bonds is 2. The number of amides is 2. The average molecular weight is 514 g/mol. The number of piperidine rings is 1. The molecule has 1 N–H and O–H groups in total. The van der Waals surface area contributed by atoms with Gasteiger partial charge in [0.15, 0.2) is 0 Å². The van der Waals surface area contributed by atoms with Crippen molar-refractivity contribution in [2.75, 3.05) is 38.3 Å². The topological polar surface area (TPSA) is 79.7 Å². The number of imidazole rings is 1. The maximum absolute atomic E-state index is 14.4. The summed E-state index contributed by atoms with van der Waals surface area (Å²) in [6.07, 6.45) is 7.01. The third-order valence-corrected chi connectivity index (χ3v) is 9.35. The molecule has 8 nitrogen and oxygen atoms in total. The fourth-order valence-corrected chi connectivity index (χ4v) is 7.36. The summed E-state index contributed by atoms with van der Waals surface area (Å²) in [6, 6.07) is 8.54. The summed E-state index contributed by atoms with van der Waals surface area (Å²) in [5.41, 5.74) is 4.92. The minimum absolute atomic E-state index is 0.0684. The van der Waals surface area contributed by atoms with E-state index in [0.717, 1.165) is 60.7 Å². The molecule has 5 heterocycles. The highest BCUT2D eigenvalue weighted by atomic mass is 16.5. The third-order valence-electron chi connectivity index (χ3n) is 9.35. The van der Waals surface area contributed by atoms with Crippen molar-refractivity contribution in [2.45, 2.75) is 62.9 Å². The Kier molecular flexibility index (Phi) is 5.43. The number of hydrogen-bond acceptors (Lipinski definition) is 5. The Morgan fingerprint density at radius 1 is 1.18 bits per heavy atom. The van der Waals surface area contributed by atoms with E-state index in [1.165, 1.54) is 5.56 Å². The van der Waals surface area contributed by atoms with Gasteiger partial charge in [-0.2, -0.15) is 0 Å². The molecule has 4 aliphatic heterocycles. The second-order valence-corrected chi connectivity index (χ2v) is 11.8. The van der Waals surface area contributed by atoms with Crippen LogP contribution in [0.4, 0.5) is 5.69 Å². The smallest absolute Gasteiger partial charge is 0.270 e. The molecule has 0 spiro atoms. The molecule has 0 radical (unpaired) electrons. The van der Waals surface area contributed by atoms with Gasteiger partial charge in [-0.25, -0.2) is 4.98 Å². The Balaban J connectivity index is 1.30. The highest BCUT2D eigenvalue weighted by molar-refractivity contribution is 6.10. The van der Waals surface area contributed by atoms with E-state index in [1.54, 1.807) is 6.20 Å². The van der Waals surface area contributed by atoms with Gasteiger partial charge in [0, 0.05) is 55.3 Å². The van der Waals surface area contributed by atoms with Crippen molar-refractivity contribution in [3.8, 4) is 0 Å². The van der Waals surface area contributed by atoms with E-state index in [9.17, 15) is 9.59 Å². The standard InChI is InChI=1S/C30H35N5O3/c1-18-14-26-30(2,32-28(36)25-16-31-27(35(25)26)19-9-12-38-13-10-19)15-21(18)29(37)34-23-7-5-4-6-20(23)22-17-33(3)11-8-24(22)34/h4-7,14,16,19,22,24H,8-13,15,17H2,1-3H3,(H,32,36). The molecule has 2 aromatic rings. The number of para-hydroxylation sites is 1. The van der Waals surface area contributed by atoms with E-state index in [1.807, 2.05) is 19.9 Å². The van der Waals surface area contributed by atoms with Crippen LogP contribution in [0.2, 0.25) is 0 Å². The molecule has 38 heavy (non-hydrogen) atoms. The number of anilines is 1. The normalized spacial score (nSPS) is 29.3. The molecule has 0 saturated carbocycles. The first kappa shape index (κ1) is 23.9. The molecule has 8 heteroatoms. The molecule has 2 fully saturated rings. The van der Waals surface area contributed by atoms with E-state index in [0.29, 0.717) is 31.2 Å². The highest BCUT2D eigenvalue weighted by Gasteiger charge is 2.48. The number of allylic oxidation sites excluding steroid dienone is 2. The minimum atomic E-state index is -0.694. The van der Waals surface area contributed by atoms with Crippen molar-refractivity contribution in [3.05, 3.63) is 64.8 Å². The zero-order valence-electron chi connectivity index (χ0n) is 22.4. The monoisotopic (exact) mass is 513 g/mol. The summed E-state index contributed by atoms with van der Waals surface area (Å²) in [5, 5.41) is 3.24. The van der Waals surface area contributed by atoms with Crippen LogP contribution >= 0.6 is 0 Å². The second kappa shape index (κ2) is 8.64. The van der Waals surface area contributed by atoms with Crippen LogP contribution in [0.1, 0.15) is 73.2 Å². The number of nitrogens with zero attached hydrogens (tertiary/aromatic N) is 4. The van der Waals surface area contributed by atoms with Crippen LogP contribution in [-0.2, 0) is 9.53 Å². The maximum Gasteiger partial charge on any atom is 0.270 e. The molecule has 3 atom stereocenters. The van der Waals surface area contributed by atoms with Crippen LogP contribution in [0.5, 0.6) is 0 Å². The second-order valence-electron chi connectivity index (χ2n) is 11.8. The number of aromatic nitrogens is 2. The molecule has 5 aliphatic rings. The van der Waals surface area contributed by atoms with E-state index in [4.69, 9.17) is 9.72 Å². The van der Waals surface area contributed by atoms with Gasteiger partial charge >= 0.3 is 0 Å². The number of hydrogen-bond donors (Lipinski definition) is 1. The Morgan fingerprint density at radius 3 is 2.79 bits per heavy atom. The van der Waals surface area contributed by atoms with Gasteiger partial charge in [-0.3, -0.25) is 14.2 Å². The Morgan fingerprint density at radius 2 is 1.97 bits per heavy atom. The van der Waals surface area contributed by atoms with Crippen LogP contribution in [0.25, 0.3) is 5.70 Å². The summed E-state index contributed by atoms with van der Waals surface area (Å²) in [4.78, 5) is 36.8.